The highest BCUT2D eigenvalue weighted by atomic mass is 16.5. The van der Waals surface area contributed by atoms with E-state index in [0.29, 0.717) is 28.7 Å². The monoisotopic (exact) mass is 317 g/mol. The third kappa shape index (κ3) is 4.26. The Labute approximate surface area is 134 Å². The highest BCUT2D eigenvalue weighted by molar-refractivity contribution is 5.95. The van der Waals surface area contributed by atoms with Gasteiger partial charge in [-0.2, -0.15) is 5.10 Å². The average Bonchev–Trinajstić information content (AvgIpc) is 3.03. The van der Waals surface area contributed by atoms with Crippen LogP contribution in [0.4, 0.5) is 5.88 Å². The minimum atomic E-state index is -0.377. The van der Waals surface area contributed by atoms with Gasteiger partial charge in [-0.3, -0.25) is 4.79 Å². The van der Waals surface area contributed by atoms with E-state index in [9.17, 15) is 4.79 Å². The van der Waals surface area contributed by atoms with Crippen LogP contribution >= 0.6 is 0 Å². The lowest BCUT2D eigenvalue weighted by Crippen LogP contribution is -2.17. The molecular weight excluding hydrogens is 298 g/mol. The fourth-order valence-electron chi connectivity index (χ4n) is 1.81. The first-order chi connectivity index (χ1) is 11.0. The van der Waals surface area contributed by atoms with Crippen LogP contribution in [0.5, 0.6) is 11.5 Å². The summed E-state index contributed by atoms with van der Waals surface area (Å²) in [5, 5.41) is 3.88. The smallest absolute Gasteiger partial charge is 0.271 e. The molecule has 2 rings (SSSR count). The van der Waals surface area contributed by atoms with E-state index in [-0.39, 0.29) is 5.91 Å². The lowest BCUT2D eigenvalue weighted by atomic mass is 10.2. The highest BCUT2D eigenvalue weighted by Gasteiger charge is 2.09. The van der Waals surface area contributed by atoms with E-state index < -0.39 is 0 Å². The van der Waals surface area contributed by atoms with Crippen LogP contribution in [0.15, 0.2) is 39.9 Å². The topological polar surface area (TPSA) is 76.3 Å². The Hall–Kier alpha value is -2.96. The van der Waals surface area contributed by atoms with Crippen LogP contribution in [0.1, 0.15) is 16.1 Å². The van der Waals surface area contributed by atoms with Gasteiger partial charge in [0.25, 0.3) is 5.91 Å². The molecule has 1 heterocycles. The third-order valence-corrected chi connectivity index (χ3v) is 3.02. The number of amides is 1. The molecular formula is C16H19N3O4. The molecule has 0 aliphatic heterocycles. The highest BCUT2D eigenvalue weighted by Crippen LogP contribution is 2.22. The van der Waals surface area contributed by atoms with Gasteiger partial charge in [0.05, 0.1) is 20.4 Å². The largest absolute Gasteiger partial charge is 0.497 e. The summed E-state index contributed by atoms with van der Waals surface area (Å²) in [6, 6.07) is 8.47. The lowest BCUT2D eigenvalue weighted by molar-refractivity contribution is 0.0954. The Morgan fingerprint density at radius 1 is 1.17 bits per heavy atom. The number of benzene rings is 1. The fraction of sp³-hybridized carbons (Fsp3) is 0.250. The van der Waals surface area contributed by atoms with Gasteiger partial charge in [0.1, 0.15) is 17.3 Å². The summed E-state index contributed by atoms with van der Waals surface area (Å²) in [6.45, 7) is 0. The van der Waals surface area contributed by atoms with E-state index in [2.05, 4.69) is 10.5 Å². The SMILES string of the molecule is COc1cc(OC)cc(C(=O)NN=Cc2ccc(N(C)C)o2)c1. The van der Waals surface area contributed by atoms with Crippen molar-refractivity contribution in [1.82, 2.24) is 5.43 Å². The Kier molecular flexibility index (Phi) is 5.24. The quantitative estimate of drug-likeness (QED) is 0.652. The summed E-state index contributed by atoms with van der Waals surface area (Å²) in [4.78, 5) is 13.9. The number of furan rings is 1. The van der Waals surface area contributed by atoms with Crippen LogP contribution in [-0.2, 0) is 0 Å². The third-order valence-electron chi connectivity index (χ3n) is 3.02. The number of carbonyl (C=O) groups excluding carboxylic acids is 1. The molecule has 0 saturated heterocycles. The van der Waals surface area contributed by atoms with Gasteiger partial charge in [0, 0.05) is 31.8 Å². The van der Waals surface area contributed by atoms with E-state index in [1.54, 1.807) is 24.3 Å². The molecule has 1 amide bonds. The maximum Gasteiger partial charge on any atom is 0.271 e. The Balaban J connectivity index is 2.05. The number of ether oxygens (including phenoxy) is 2. The van der Waals surface area contributed by atoms with Gasteiger partial charge in [-0.05, 0) is 18.2 Å². The molecule has 1 aromatic carbocycles. The van der Waals surface area contributed by atoms with Crippen LogP contribution in [0.3, 0.4) is 0 Å². The van der Waals surface area contributed by atoms with Crippen molar-refractivity contribution in [2.45, 2.75) is 0 Å². The maximum atomic E-state index is 12.1. The predicted molar refractivity (Wildman–Crippen MR) is 87.6 cm³/mol. The summed E-state index contributed by atoms with van der Waals surface area (Å²) in [6.07, 6.45) is 1.43. The summed E-state index contributed by atoms with van der Waals surface area (Å²) >= 11 is 0. The van der Waals surface area contributed by atoms with Crippen molar-refractivity contribution in [1.29, 1.82) is 0 Å². The Morgan fingerprint density at radius 2 is 1.83 bits per heavy atom. The van der Waals surface area contributed by atoms with E-state index in [4.69, 9.17) is 13.9 Å². The number of hydrogen-bond acceptors (Lipinski definition) is 6. The van der Waals surface area contributed by atoms with Crippen LogP contribution < -0.4 is 19.8 Å². The zero-order chi connectivity index (χ0) is 16.8. The number of methoxy groups -OCH3 is 2. The van der Waals surface area contributed by atoms with E-state index in [0.717, 1.165) is 0 Å². The van der Waals surface area contributed by atoms with Crippen molar-refractivity contribution in [3.05, 3.63) is 41.7 Å². The molecule has 0 aliphatic rings. The predicted octanol–water partition coefficient (Wildman–Crippen LogP) is 2.13. The number of nitrogens with zero attached hydrogens (tertiary/aromatic N) is 2. The minimum Gasteiger partial charge on any atom is -0.497 e. The first kappa shape index (κ1) is 16.4. The van der Waals surface area contributed by atoms with Gasteiger partial charge in [0.2, 0.25) is 0 Å². The minimum absolute atomic E-state index is 0.377. The zero-order valence-electron chi connectivity index (χ0n) is 13.5. The average molecular weight is 317 g/mol. The van der Waals surface area contributed by atoms with E-state index >= 15 is 0 Å². The molecule has 0 aliphatic carbocycles. The first-order valence-corrected chi connectivity index (χ1v) is 6.87. The lowest BCUT2D eigenvalue weighted by Gasteiger charge is -2.07. The van der Waals surface area contributed by atoms with Gasteiger partial charge in [-0.25, -0.2) is 5.43 Å². The number of hydrogen-bond donors (Lipinski definition) is 1. The van der Waals surface area contributed by atoms with Crippen LogP contribution in [0.2, 0.25) is 0 Å². The number of hydrazone groups is 1. The van der Waals surface area contributed by atoms with Crippen LogP contribution in [0.25, 0.3) is 0 Å². The van der Waals surface area contributed by atoms with Gasteiger partial charge < -0.3 is 18.8 Å². The summed E-state index contributed by atoms with van der Waals surface area (Å²) in [5.74, 6) is 1.92. The molecule has 2 aromatic rings. The van der Waals surface area contributed by atoms with Gasteiger partial charge in [-0.1, -0.05) is 0 Å². The molecule has 0 unspecified atom stereocenters. The van der Waals surface area contributed by atoms with Gasteiger partial charge in [0.15, 0.2) is 5.88 Å². The van der Waals surface area contributed by atoms with E-state index in [1.807, 2.05) is 25.1 Å². The fourth-order valence-corrected chi connectivity index (χ4v) is 1.81. The molecule has 23 heavy (non-hydrogen) atoms. The summed E-state index contributed by atoms with van der Waals surface area (Å²) < 4.78 is 15.7. The van der Waals surface area contributed by atoms with Crippen LogP contribution in [0, 0.1) is 0 Å². The standard InChI is InChI=1S/C16H19N3O4/c1-19(2)15-6-5-12(23-15)10-17-18-16(20)11-7-13(21-3)9-14(8-11)22-4/h5-10H,1-4H3,(H,18,20). The van der Waals surface area contributed by atoms with Gasteiger partial charge in [-0.15, -0.1) is 0 Å². The molecule has 1 aromatic heterocycles. The molecule has 0 spiro atoms. The molecule has 0 fully saturated rings. The Morgan fingerprint density at radius 3 is 2.35 bits per heavy atom. The van der Waals surface area contributed by atoms with Crippen LogP contribution in [-0.4, -0.2) is 40.4 Å². The molecule has 0 bridgehead atoms. The molecule has 1 N–H and O–H groups in total. The molecule has 122 valence electrons. The first-order valence-electron chi connectivity index (χ1n) is 6.87. The second-order valence-electron chi connectivity index (χ2n) is 4.87. The number of nitrogens with one attached hydrogen (secondary N) is 1. The maximum absolute atomic E-state index is 12.1. The second kappa shape index (κ2) is 7.35. The molecule has 0 atom stereocenters. The Bertz CT molecular complexity index is 685. The molecule has 7 heteroatoms. The number of anilines is 1. The summed E-state index contributed by atoms with van der Waals surface area (Å²) in [5.41, 5.74) is 2.82. The van der Waals surface area contributed by atoms with Crippen molar-refractivity contribution in [2.75, 3.05) is 33.2 Å². The van der Waals surface area contributed by atoms with Crippen molar-refractivity contribution in [2.24, 2.45) is 5.10 Å². The normalized spacial score (nSPS) is 10.6. The summed E-state index contributed by atoms with van der Waals surface area (Å²) in [7, 11) is 6.79. The zero-order valence-corrected chi connectivity index (χ0v) is 13.5. The van der Waals surface area contributed by atoms with Crippen molar-refractivity contribution >= 4 is 18.0 Å². The second-order valence-corrected chi connectivity index (χ2v) is 4.87. The van der Waals surface area contributed by atoms with Gasteiger partial charge >= 0.3 is 0 Å². The number of rotatable bonds is 6. The van der Waals surface area contributed by atoms with Crippen molar-refractivity contribution in [3.8, 4) is 11.5 Å². The van der Waals surface area contributed by atoms with E-state index in [1.165, 1.54) is 20.4 Å². The van der Waals surface area contributed by atoms with Crippen molar-refractivity contribution < 1.29 is 18.7 Å². The molecule has 0 radical (unpaired) electrons. The molecule has 0 saturated carbocycles. The van der Waals surface area contributed by atoms with Crippen molar-refractivity contribution in [3.63, 3.8) is 0 Å². The number of carbonyl (C=O) groups is 1. The molecule has 7 nitrogen and oxygen atoms in total.